The first kappa shape index (κ1) is 24.9. The first-order valence-electron chi connectivity index (χ1n) is 13.0. The highest BCUT2D eigenvalue weighted by atomic mass is 16.7. The van der Waals surface area contributed by atoms with E-state index in [1.807, 2.05) is 0 Å². The average molecular weight is 505 g/mol. The summed E-state index contributed by atoms with van der Waals surface area (Å²) in [5, 5.41) is 18.8. The van der Waals surface area contributed by atoms with Gasteiger partial charge in [0.1, 0.15) is 11.5 Å². The van der Waals surface area contributed by atoms with Crippen LogP contribution in [-0.4, -0.2) is 44.9 Å². The zero-order chi connectivity index (χ0) is 25.8. The van der Waals surface area contributed by atoms with Crippen LogP contribution in [0.1, 0.15) is 67.1 Å². The van der Waals surface area contributed by atoms with Gasteiger partial charge in [0.2, 0.25) is 0 Å². The number of hydrogen-bond acceptors (Lipinski definition) is 8. The van der Waals surface area contributed by atoms with E-state index in [2.05, 4.69) is 28.1 Å². The van der Waals surface area contributed by atoms with Crippen molar-refractivity contribution in [3.8, 4) is 17.6 Å². The van der Waals surface area contributed by atoms with E-state index < -0.39 is 12.3 Å². The largest absolute Gasteiger partial charge is 0.513 e. The summed E-state index contributed by atoms with van der Waals surface area (Å²) in [6.45, 7) is 2.09. The quantitative estimate of drug-likeness (QED) is 0.398. The number of carbonyl (C=O) groups excluding carboxylic acids is 2. The van der Waals surface area contributed by atoms with E-state index in [4.69, 9.17) is 19.5 Å². The van der Waals surface area contributed by atoms with Crippen LogP contribution in [0.4, 0.5) is 16.2 Å². The van der Waals surface area contributed by atoms with Gasteiger partial charge in [-0.1, -0.05) is 12.8 Å². The fourth-order valence-electron chi connectivity index (χ4n) is 5.57. The summed E-state index contributed by atoms with van der Waals surface area (Å²) >= 11 is 0. The van der Waals surface area contributed by atoms with E-state index in [-0.39, 0.29) is 18.4 Å². The Morgan fingerprint density at radius 2 is 1.81 bits per heavy atom. The second kappa shape index (κ2) is 11.1. The number of nitrogens with one attached hydrogen (secondary N) is 3. The molecular weight excluding hydrogens is 472 g/mol. The van der Waals surface area contributed by atoms with E-state index in [1.54, 1.807) is 24.3 Å². The van der Waals surface area contributed by atoms with Gasteiger partial charge in [-0.25, -0.2) is 4.79 Å². The van der Waals surface area contributed by atoms with Crippen LogP contribution in [0.3, 0.4) is 0 Å². The minimum Gasteiger partial charge on any atom is -0.477 e. The maximum Gasteiger partial charge on any atom is 0.513 e. The Morgan fingerprint density at radius 1 is 1.05 bits per heavy atom. The third-order valence-electron chi connectivity index (χ3n) is 7.52. The molecule has 2 heterocycles. The summed E-state index contributed by atoms with van der Waals surface area (Å²) in [5.74, 6) is 1.25. The number of ether oxygens (including phenoxy) is 3. The fraction of sp³-hybridized carbons (Fsp3) is 0.464. The molecule has 1 saturated heterocycles. The first-order chi connectivity index (χ1) is 18.1. The number of hydrogen-bond donors (Lipinski definition) is 3. The van der Waals surface area contributed by atoms with E-state index in [9.17, 15) is 9.59 Å². The van der Waals surface area contributed by atoms with Gasteiger partial charge in [-0.15, -0.1) is 0 Å². The van der Waals surface area contributed by atoms with Gasteiger partial charge in [-0.2, -0.15) is 5.26 Å². The van der Waals surface area contributed by atoms with Gasteiger partial charge in [0.25, 0.3) is 5.91 Å². The molecule has 3 aliphatic rings. The Balaban J connectivity index is 1.45. The van der Waals surface area contributed by atoms with Crippen molar-refractivity contribution in [3.63, 3.8) is 0 Å². The molecule has 1 unspecified atom stereocenters. The molecule has 1 aliphatic carbocycles. The predicted octanol–water partition coefficient (Wildman–Crippen LogP) is 4.64. The van der Waals surface area contributed by atoms with Gasteiger partial charge in [-0.05, 0) is 86.0 Å². The molecule has 9 nitrogen and oxygen atoms in total. The lowest BCUT2D eigenvalue weighted by molar-refractivity contribution is -0.122. The zero-order valence-corrected chi connectivity index (χ0v) is 21.0. The smallest absolute Gasteiger partial charge is 0.477 e. The van der Waals surface area contributed by atoms with Crippen LogP contribution in [0, 0.1) is 11.3 Å². The molecule has 5 rings (SSSR count). The van der Waals surface area contributed by atoms with Crippen LogP contribution >= 0.6 is 0 Å². The van der Waals surface area contributed by atoms with E-state index in [1.165, 1.54) is 7.11 Å². The third kappa shape index (κ3) is 5.49. The molecule has 0 radical (unpaired) electrons. The Bertz CT molecular complexity index is 1210. The molecule has 0 spiro atoms. The maximum absolute atomic E-state index is 13.4. The van der Waals surface area contributed by atoms with Crippen molar-refractivity contribution in [3.05, 3.63) is 47.0 Å². The second-order valence-electron chi connectivity index (χ2n) is 9.84. The minimum atomic E-state index is -0.778. The van der Waals surface area contributed by atoms with Gasteiger partial charge in [0, 0.05) is 11.8 Å². The predicted molar refractivity (Wildman–Crippen MR) is 138 cm³/mol. The maximum atomic E-state index is 13.4. The van der Waals surface area contributed by atoms with Crippen molar-refractivity contribution in [2.75, 3.05) is 37.4 Å². The molecule has 2 aliphatic heterocycles. The zero-order valence-electron chi connectivity index (χ0n) is 21.0. The number of fused-ring (bicyclic) bond motifs is 1. The summed E-state index contributed by atoms with van der Waals surface area (Å²) in [6, 6.07) is 11.1. The molecule has 2 aromatic rings. The van der Waals surface area contributed by atoms with Crippen LogP contribution in [0.25, 0.3) is 0 Å². The Hall–Kier alpha value is -3.77. The molecule has 1 saturated carbocycles. The number of anilines is 2. The fourth-order valence-corrected chi connectivity index (χ4v) is 5.57. The van der Waals surface area contributed by atoms with Gasteiger partial charge in [-0.3, -0.25) is 4.79 Å². The molecule has 2 aromatic carbocycles. The SMILES string of the molecule is COC(=O)Oc1cc(NC(=O)C2CNc3cc(C#N)ccc3O2)c(C2CCNCC2)cc1C1CCCC1. The number of piperidine rings is 1. The lowest BCUT2D eigenvalue weighted by Crippen LogP contribution is -2.41. The Kier molecular flexibility index (Phi) is 7.47. The molecule has 2 fully saturated rings. The molecule has 1 amide bonds. The lowest BCUT2D eigenvalue weighted by atomic mass is 9.85. The molecule has 3 N–H and O–H groups in total. The minimum absolute atomic E-state index is 0.266. The number of rotatable bonds is 5. The highest BCUT2D eigenvalue weighted by molar-refractivity contribution is 5.96. The summed E-state index contributed by atoms with van der Waals surface area (Å²) in [6.07, 6.45) is 4.76. The van der Waals surface area contributed by atoms with Gasteiger partial charge in [0.05, 0.1) is 31.0 Å². The second-order valence-corrected chi connectivity index (χ2v) is 9.84. The van der Waals surface area contributed by atoms with Crippen molar-refractivity contribution < 1.29 is 23.8 Å². The topological polar surface area (TPSA) is 122 Å². The summed E-state index contributed by atoms with van der Waals surface area (Å²) in [7, 11) is 1.29. The average Bonchev–Trinajstić information content (AvgIpc) is 3.48. The molecule has 37 heavy (non-hydrogen) atoms. The molecule has 194 valence electrons. The monoisotopic (exact) mass is 504 g/mol. The number of methoxy groups -OCH3 is 1. The number of amides is 1. The van der Waals surface area contributed by atoms with Crippen LogP contribution in [-0.2, 0) is 9.53 Å². The number of benzene rings is 2. The van der Waals surface area contributed by atoms with E-state index in [0.29, 0.717) is 34.4 Å². The standard InChI is InChI=1S/C28H32N4O5/c1-35-28(34)37-25-14-22(20(19-8-10-30-11-9-19)13-21(25)18-4-2-3-5-18)32-27(33)26-16-31-23-12-17(15-29)6-7-24(23)36-26/h6-7,12-14,18-19,26,30-31H,2-5,8-11,16H2,1H3,(H,32,33). The lowest BCUT2D eigenvalue weighted by Gasteiger charge is -2.29. The summed E-state index contributed by atoms with van der Waals surface area (Å²) in [4.78, 5) is 25.5. The normalized spacial score (nSPS) is 19.6. The molecule has 0 bridgehead atoms. The van der Waals surface area contributed by atoms with Crippen molar-refractivity contribution >= 4 is 23.4 Å². The van der Waals surface area contributed by atoms with Gasteiger partial charge in [0.15, 0.2) is 6.10 Å². The van der Waals surface area contributed by atoms with E-state index >= 15 is 0 Å². The van der Waals surface area contributed by atoms with Gasteiger partial charge >= 0.3 is 6.16 Å². The first-order valence-corrected chi connectivity index (χ1v) is 13.0. The summed E-state index contributed by atoms with van der Waals surface area (Å²) < 4.78 is 16.3. The Labute approximate surface area is 216 Å². The van der Waals surface area contributed by atoms with Crippen LogP contribution < -0.4 is 25.4 Å². The molecule has 9 heteroatoms. The van der Waals surface area contributed by atoms with Crippen LogP contribution in [0.15, 0.2) is 30.3 Å². The summed E-state index contributed by atoms with van der Waals surface area (Å²) in [5.41, 5.74) is 3.91. The molecule has 0 aromatic heterocycles. The highest BCUT2D eigenvalue weighted by Gasteiger charge is 2.30. The van der Waals surface area contributed by atoms with Crippen LogP contribution in [0.5, 0.6) is 11.5 Å². The molecule has 1 atom stereocenters. The van der Waals surface area contributed by atoms with Crippen LogP contribution in [0.2, 0.25) is 0 Å². The number of carbonyl (C=O) groups is 2. The third-order valence-corrected chi connectivity index (χ3v) is 7.52. The van der Waals surface area contributed by atoms with Gasteiger partial charge < -0.3 is 30.2 Å². The number of nitrogens with zero attached hydrogens (tertiary/aromatic N) is 1. The molecular formula is C28H32N4O5. The van der Waals surface area contributed by atoms with Crippen molar-refractivity contribution in [1.29, 1.82) is 5.26 Å². The highest BCUT2D eigenvalue weighted by Crippen LogP contribution is 2.44. The number of nitriles is 1. The Morgan fingerprint density at radius 3 is 2.54 bits per heavy atom. The van der Waals surface area contributed by atoms with Crippen molar-refractivity contribution in [1.82, 2.24) is 5.32 Å². The van der Waals surface area contributed by atoms with Crippen molar-refractivity contribution in [2.45, 2.75) is 56.5 Å². The van der Waals surface area contributed by atoms with E-state index in [0.717, 1.165) is 62.7 Å². The van der Waals surface area contributed by atoms with Crippen molar-refractivity contribution in [2.24, 2.45) is 0 Å².